The number of H-pyrrole nitrogens is 1. The van der Waals surface area contributed by atoms with Gasteiger partial charge < -0.3 is 9.84 Å². The number of aromatic nitrogens is 3. The molecule has 0 bridgehead atoms. The fraction of sp³-hybridized carbons (Fsp3) is 0.286. The monoisotopic (exact) mass is 304 g/mol. The molecule has 1 heterocycles. The number of carboxylic acid groups (broad SMARTS) is 1. The summed E-state index contributed by atoms with van der Waals surface area (Å²) < 4.78 is 5.09. The molecule has 0 radical (unpaired) electrons. The standard InChI is InChI=1S/C14H16N4O4/c1-14(2,3)22-13(21)16-12-15-10(17-18-12)8-4-6-9(7-5-8)11(19)20/h4-7H,1-3H3,(H,19,20)(H2,15,16,17,18,21). The molecule has 3 N–H and O–H groups in total. The van der Waals surface area contributed by atoms with E-state index in [9.17, 15) is 9.59 Å². The number of amides is 1. The van der Waals surface area contributed by atoms with Crippen LogP contribution in [-0.4, -0.2) is 38.0 Å². The molecule has 0 atom stereocenters. The summed E-state index contributed by atoms with van der Waals surface area (Å²) in [5, 5.41) is 17.8. The predicted octanol–water partition coefficient (Wildman–Crippen LogP) is 2.52. The van der Waals surface area contributed by atoms with Crippen LogP contribution >= 0.6 is 0 Å². The average Bonchev–Trinajstić information content (AvgIpc) is 2.85. The van der Waals surface area contributed by atoms with Crippen LogP contribution in [0.2, 0.25) is 0 Å². The SMILES string of the molecule is CC(C)(C)OC(=O)Nc1n[nH]c(-c2ccc(C(=O)O)cc2)n1. The Morgan fingerprint density at radius 1 is 1.23 bits per heavy atom. The van der Waals surface area contributed by atoms with Crippen molar-refractivity contribution < 1.29 is 19.4 Å². The van der Waals surface area contributed by atoms with Gasteiger partial charge in [-0.2, -0.15) is 4.98 Å². The molecule has 8 nitrogen and oxygen atoms in total. The Balaban J connectivity index is 2.08. The van der Waals surface area contributed by atoms with Gasteiger partial charge in [-0.05, 0) is 32.9 Å². The normalized spacial score (nSPS) is 11.0. The summed E-state index contributed by atoms with van der Waals surface area (Å²) in [5.74, 6) is -0.522. The van der Waals surface area contributed by atoms with Crippen molar-refractivity contribution in [3.8, 4) is 11.4 Å². The molecule has 2 aromatic rings. The Kier molecular flexibility index (Phi) is 4.11. The average molecular weight is 304 g/mol. The van der Waals surface area contributed by atoms with Gasteiger partial charge in [0.2, 0.25) is 0 Å². The summed E-state index contributed by atoms with van der Waals surface area (Å²) in [5.41, 5.74) is 0.209. The van der Waals surface area contributed by atoms with Crippen LogP contribution in [0.3, 0.4) is 0 Å². The van der Waals surface area contributed by atoms with E-state index >= 15 is 0 Å². The Morgan fingerprint density at radius 2 is 1.86 bits per heavy atom. The number of nitrogens with one attached hydrogen (secondary N) is 2. The molecule has 8 heteroatoms. The summed E-state index contributed by atoms with van der Waals surface area (Å²) >= 11 is 0. The van der Waals surface area contributed by atoms with Crippen LogP contribution in [0.1, 0.15) is 31.1 Å². The second-order valence-electron chi connectivity index (χ2n) is 5.52. The highest BCUT2D eigenvalue weighted by Gasteiger charge is 2.17. The molecule has 116 valence electrons. The third-order valence-corrected chi connectivity index (χ3v) is 2.50. The van der Waals surface area contributed by atoms with E-state index in [2.05, 4.69) is 20.5 Å². The molecular formula is C14H16N4O4. The number of hydrogen-bond acceptors (Lipinski definition) is 5. The number of carbonyl (C=O) groups excluding carboxylic acids is 1. The van der Waals surface area contributed by atoms with Crippen molar-refractivity contribution in [2.24, 2.45) is 0 Å². The van der Waals surface area contributed by atoms with E-state index in [-0.39, 0.29) is 11.5 Å². The number of carbonyl (C=O) groups is 2. The van der Waals surface area contributed by atoms with E-state index in [0.717, 1.165) is 0 Å². The van der Waals surface area contributed by atoms with Crippen molar-refractivity contribution in [3.63, 3.8) is 0 Å². The van der Waals surface area contributed by atoms with Gasteiger partial charge in [-0.25, -0.2) is 9.59 Å². The third-order valence-electron chi connectivity index (χ3n) is 2.50. The molecular weight excluding hydrogens is 288 g/mol. The number of aromatic carboxylic acids is 1. The number of aromatic amines is 1. The number of rotatable bonds is 3. The molecule has 2 rings (SSSR count). The van der Waals surface area contributed by atoms with E-state index in [1.54, 1.807) is 32.9 Å². The second kappa shape index (κ2) is 5.84. The minimum atomic E-state index is -1.00. The molecule has 1 aromatic carbocycles. The van der Waals surface area contributed by atoms with Crippen LogP contribution in [0.4, 0.5) is 10.7 Å². The van der Waals surface area contributed by atoms with Gasteiger partial charge >= 0.3 is 12.1 Å². The lowest BCUT2D eigenvalue weighted by Crippen LogP contribution is -2.27. The Bertz CT molecular complexity index is 686. The van der Waals surface area contributed by atoms with Gasteiger partial charge in [0, 0.05) is 5.56 Å². The maximum absolute atomic E-state index is 11.6. The van der Waals surface area contributed by atoms with E-state index in [1.807, 2.05) is 0 Å². The molecule has 1 aromatic heterocycles. The highest BCUT2D eigenvalue weighted by Crippen LogP contribution is 2.17. The molecule has 22 heavy (non-hydrogen) atoms. The Labute approximate surface area is 126 Å². The van der Waals surface area contributed by atoms with Gasteiger partial charge in [0.05, 0.1) is 5.56 Å². The van der Waals surface area contributed by atoms with Gasteiger partial charge in [0.25, 0.3) is 5.95 Å². The van der Waals surface area contributed by atoms with Crippen molar-refractivity contribution in [2.75, 3.05) is 5.32 Å². The lowest BCUT2D eigenvalue weighted by atomic mass is 10.1. The van der Waals surface area contributed by atoms with Crippen molar-refractivity contribution in [2.45, 2.75) is 26.4 Å². The lowest BCUT2D eigenvalue weighted by Gasteiger charge is -2.18. The minimum Gasteiger partial charge on any atom is -0.478 e. The summed E-state index contributed by atoms with van der Waals surface area (Å²) in [7, 11) is 0. The summed E-state index contributed by atoms with van der Waals surface area (Å²) in [6.07, 6.45) is -0.653. The van der Waals surface area contributed by atoms with Crippen LogP contribution in [-0.2, 0) is 4.74 Å². The largest absolute Gasteiger partial charge is 0.478 e. The van der Waals surface area contributed by atoms with Crippen LogP contribution in [0.15, 0.2) is 24.3 Å². The summed E-state index contributed by atoms with van der Waals surface area (Å²) in [4.78, 5) is 26.5. The van der Waals surface area contributed by atoms with Gasteiger partial charge in [-0.1, -0.05) is 12.1 Å². The predicted molar refractivity (Wildman–Crippen MR) is 78.6 cm³/mol. The van der Waals surface area contributed by atoms with Gasteiger partial charge in [0.1, 0.15) is 5.60 Å². The topological polar surface area (TPSA) is 117 Å². The zero-order chi connectivity index (χ0) is 16.3. The van der Waals surface area contributed by atoms with E-state index in [0.29, 0.717) is 11.4 Å². The number of hydrogen-bond donors (Lipinski definition) is 3. The number of carboxylic acids is 1. The first kappa shape index (κ1) is 15.5. The van der Waals surface area contributed by atoms with E-state index in [1.165, 1.54) is 12.1 Å². The zero-order valence-electron chi connectivity index (χ0n) is 12.4. The van der Waals surface area contributed by atoms with Crippen molar-refractivity contribution in [1.82, 2.24) is 15.2 Å². The molecule has 0 aliphatic heterocycles. The van der Waals surface area contributed by atoms with Crippen LogP contribution in [0.5, 0.6) is 0 Å². The minimum absolute atomic E-state index is 0.0755. The molecule has 0 unspecified atom stereocenters. The van der Waals surface area contributed by atoms with Gasteiger partial charge in [-0.15, -0.1) is 5.10 Å². The maximum atomic E-state index is 11.6. The highest BCUT2D eigenvalue weighted by molar-refractivity contribution is 5.88. The Hall–Kier alpha value is -2.90. The van der Waals surface area contributed by atoms with Crippen LogP contribution in [0.25, 0.3) is 11.4 Å². The third kappa shape index (κ3) is 4.05. The van der Waals surface area contributed by atoms with E-state index in [4.69, 9.17) is 9.84 Å². The van der Waals surface area contributed by atoms with Crippen molar-refractivity contribution in [1.29, 1.82) is 0 Å². The highest BCUT2D eigenvalue weighted by atomic mass is 16.6. The number of benzene rings is 1. The quantitative estimate of drug-likeness (QED) is 0.802. The molecule has 0 aliphatic rings. The molecule has 0 fully saturated rings. The smallest absolute Gasteiger partial charge is 0.414 e. The fourth-order valence-electron chi connectivity index (χ4n) is 1.61. The molecule has 0 saturated carbocycles. The number of ether oxygens (including phenoxy) is 1. The van der Waals surface area contributed by atoms with Gasteiger partial charge in [0.15, 0.2) is 5.82 Å². The second-order valence-corrected chi connectivity index (χ2v) is 5.52. The molecule has 0 saturated heterocycles. The molecule has 0 aliphatic carbocycles. The number of nitrogens with zero attached hydrogens (tertiary/aromatic N) is 2. The molecule has 1 amide bonds. The van der Waals surface area contributed by atoms with Crippen molar-refractivity contribution in [3.05, 3.63) is 29.8 Å². The first-order valence-electron chi connectivity index (χ1n) is 6.51. The maximum Gasteiger partial charge on any atom is 0.414 e. The lowest BCUT2D eigenvalue weighted by molar-refractivity contribution is 0.0632. The van der Waals surface area contributed by atoms with Crippen LogP contribution < -0.4 is 5.32 Å². The summed E-state index contributed by atoms with van der Waals surface area (Å²) in [6.45, 7) is 5.25. The molecule has 0 spiro atoms. The van der Waals surface area contributed by atoms with Crippen molar-refractivity contribution >= 4 is 18.0 Å². The van der Waals surface area contributed by atoms with Gasteiger partial charge in [-0.3, -0.25) is 10.4 Å². The van der Waals surface area contributed by atoms with E-state index < -0.39 is 17.7 Å². The first-order valence-corrected chi connectivity index (χ1v) is 6.51. The number of anilines is 1. The summed E-state index contributed by atoms with van der Waals surface area (Å²) in [6, 6.07) is 6.12. The fourth-order valence-corrected chi connectivity index (χ4v) is 1.61. The van der Waals surface area contributed by atoms with Crippen LogP contribution in [0, 0.1) is 0 Å². The zero-order valence-corrected chi connectivity index (χ0v) is 12.4. The first-order chi connectivity index (χ1) is 10.2. The Morgan fingerprint density at radius 3 is 2.41 bits per heavy atom.